The highest BCUT2D eigenvalue weighted by Crippen LogP contribution is 2.17. The van der Waals surface area contributed by atoms with Crippen molar-refractivity contribution in [1.82, 2.24) is 21.3 Å². The molecule has 0 aromatic heterocycles. The monoisotopic (exact) mass is 848 g/mol. The summed E-state index contributed by atoms with van der Waals surface area (Å²) in [5, 5.41) is 11.6. The number of amides is 4. The molecule has 1 unspecified atom stereocenters. The van der Waals surface area contributed by atoms with Gasteiger partial charge in [0.15, 0.2) is 0 Å². The van der Waals surface area contributed by atoms with E-state index < -0.39 is 23.9 Å². The Kier molecular flexibility index (Phi) is 42.7. The van der Waals surface area contributed by atoms with Gasteiger partial charge in [0, 0.05) is 19.6 Å². The smallest absolute Gasteiger partial charge is 0.242 e. The Balaban J connectivity index is 4.92. The Morgan fingerprint density at radius 1 is 0.417 bits per heavy atom. The minimum atomic E-state index is -0.928. The topological polar surface area (TPSA) is 194 Å². The van der Waals surface area contributed by atoms with Gasteiger partial charge in [0.1, 0.15) is 12.0 Å². The van der Waals surface area contributed by atoms with Crippen molar-refractivity contribution in [3.05, 3.63) is 12.2 Å². The van der Waals surface area contributed by atoms with Gasteiger partial charge in [0.25, 0.3) is 0 Å². The van der Waals surface area contributed by atoms with E-state index in [9.17, 15) is 19.2 Å². The van der Waals surface area contributed by atoms with Gasteiger partial charge in [-0.2, -0.15) is 0 Å². The molecule has 0 aromatic carbocycles. The Morgan fingerprint density at radius 3 is 1.32 bits per heavy atom. The number of unbranched alkanes of at least 4 members (excludes halogenated alkanes) is 25. The van der Waals surface area contributed by atoms with E-state index in [1.54, 1.807) is 0 Å². The number of allylic oxidation sites excluding steroid dienone is 2. The van der Waals surface area contributed by atoms with Gasteiger partial charge in [0.05, 0.1) is 6.04 Å². The van der Waals surface area contributed by atoms with Gasteiger partial charge in [-0.25, -0.2) is 0 Å². The molecule has 0 spiro atoms. The van der Waals surface area contributed by atoms with E-state index in [2.05, 4.69) is 47.3 Å². The van der Waals surface area contributed by atoms with Crippen molar-refractivity contribution in [1.29, 1.82) is 0 Å². The van der Waals surface area contributed by atoms with E-state index in [1.165, 1.54) is 116 Å². The summed E-state index contributed by atoms with van der Waals surface area (Å²) in [6.45, 7) is 6.53. The molecular weight excluding hydrogens is 751 g/mol. The van der Waals surface area contributed by atoms with E-state index in [1.807, 2.05) is 0 Å². The fraction of sp³-hybridized carbons (Fsp3) is 0.878. The molecule has 0 fully saturated rings. The average molecular weight is 848 g/mol. The van der Waals surface area contributed by atoms with Gasteiger partial charge in [-0.3, -0.25) is 19.2 Å². The van der Waals surface area contributed by atoms with E-state index in [0.29, 0.717) is 45.3 Å². The van der Waals surface area contributed by atoms with Gasteiger partial charge in [-0.1, -0.05) is 167 Å². The Labute approximate surface area is 368 Å². The fourth-order valence-electron chi connectivity index (χ4n) is 7.58. The summed E-state index contributed by atoms with van der Waals surface area (Å²) in [6, 6.07) is -1.35. The van der Waals surface area contributed by atoms with Gasteiger partial charge < -0.3 is 38.5 Å². The minimum Gasteiger partial charge on any atom is -0.354 e. The maximum absolute atomic E-state index is 13.8. The van der Waals surface area contributed by atoms with E-state index >= 15 is 0 Å². The second-order valence-electron chi connectivity index (χ2n) is 17.3. The lowest BCUT2D eigenvalue weighted by Crippen LogP contribution is -2.51. The van der Waals surface area contributed by atoms with Crippen molar-refractivity contribution in [3.8, 4) is 0 Å². The van der Waals surface area contributed by atoms with Crippen LogP contribution in [0.4, 0.5) is 0 Å². The summed E-state index contributed by atoms with van der Waals surface area (Å²) in [5.74, 6) is -2.21. The van der Waals surface area contributed by atoms with Gasteiger partial charge >= 0.3 is 0 Å². The lowest BCUT2D eigenvalue weighted by Gasteiger charge is -2.22. The molecule has 10 N–H and O–H groups in total. The first kappa shape index (κ1) is 57.5. The van der Waals surface area contributed by atoms with Crippen LogP contribution in [0, 0.1) is 5.92 Å². The zero-order valence-electron chi connectivity index (χ0n) is 39.1. The number of carbonyl (C=O) groups excluding carboxylic acids is 4. The lowest BCUT2D eigenvalue weighted by molar-refractivity contribution is -0.138. The van der Waals surface area contributed by atoms with Crippen LogP contribution in [0.2, 0.25) is 0 Å². The highest BCUT2D eigenvalue weighted by atomic mass is 16.2. The third-order valence-electron chi connectivity index (χ3n) is 11.6. The number of hydrogen-bond acceptors (Lipinski definition) is 7. The second kappa shape index (κ2) is 44.6. The lowest BCUT2D eigenvalue weighted by atomic mass is 9.97. The van der Waals surface area contributed by atoms with Crippen LogP contribution in [-0.2, 0) is 19.2 Å². The molecule has 0 radical (unpaired) electrons. The molecule has 4 amide bonds. The quantitative estimate of drug-likeness (QED) is 0.0180. The molecular formula is C49H97N7O4. The standard InChI is InChI=1S/C49H97N7O4/c1-3-5-7-9-11-13-15-17-18-19-20-22-24-26-28-34-40-53-49(60)45(37-31-33-39-51)56-47(58)43(35-29-27-25-23-21-16-14-12-10-8-6-4-2)46(57)54-41-42-55-48(59)44(52)36-30-32-38-50/h17-18,43-45H,3-16,19-42,50-52H2,1-2H3,(H,53,60)(H,54,57)(H,55,59)(H,56,58)/b18-17-/t43?,44-,45-/m0/s1. The van der Waals surface area contributed by atoms with Gasteiger partial charge in [-0.15, -0.1) is 0 Å². The summed E-state index contributed by atoms with van der Waals surface area (Å²) in [6.07, 6.45) is 40.7. The molecule has 11 heteroatoms. The van der Waals surface area contributed by atoms with Crippen molar-refractivity contribution in [2.45, 2.75) is 238 Å². The second-order valence-corrected chi connectivity index (χ2v) is 17.3. The number of nitrogens with two attached hydrogens (primary N) is 3. The molecule has 0 saturated carbocycles. The first-order valence-electron chi connectivity index (χ1n) is 25.3. The summed E-state index contributed by atoms with van der Waals surface area (Å²) in [5.41, 5.74) is 17.3. The Hall–Kier alpha value is -2.50. The van der Waals surface area contributed by atoms with Crippen molar-refractivity contribution < 1.29 is 19.2 Å². The molecule has 60 heavy (non-hydrogen) atoms. The van der Waals surface area contributed by atoms with Crippen LogP contribution in [0.15, 0.2) is 12.2 Å². The van der Waals surface area contributed by atoms with Crippen LogP contribution in [0.25, 0.3) is 0 Å². The third-order valence-corrected chi connectivity index (χ3v) is 11.6. The number of nitrogens with one attached hydrogen (secondary N) is 4. The van der Waals surface area contributed by atoms with Crippen molar-refractivity contribution >= 4 is 23.6 Å². The maximum Gasteiger partial charge on any atom is 0.242 e. The molecule has 0 aliphatic carbocycles. The fourth-order valence-corrected chi connectivity index (χ4v) is 7.58. The van der Waals surface area contributed by atoms with Crippen LogP contribution in [-0.4, -0.2) is 68.4 Å². The summed E-state index contributed by atoms with van der Waals surface area (Å²) in [7, 11) is 0. The molecule has 0 aliphatic heterocycles. The van der Waals surface area contributed by atoms with E-state index in [-0.39, 0.29) is 30.8 Å². The third kappa shape index (κ3) is 36.2. The molecule has 0 saturated heterocycles. The molecule has 0 rings (SSSR count). The van der Waals surface area contributed by atoms with Gasteiger partial charge in [-0.05, 0) is 83.7 Å². The number of carbonyl (C=O) groups is 4. The predicted octanol–water partition coefficient (Wildman–Crippen LogP) is 9.15. The summed E-state index contributed by atoms with van der Waals surface area (Å²) >= 11 is 0. The highest BCUT2D eigenvalue weighted by Gasteiger charge is 2.30. The summed E-state index contributed by atoms with van der Waals surface area (Å²) < 4.78 is 0. The zero-order chi connectivity index (χ0) is 44.2. The largest absolute Gasteiger partial charge is 0.354 e. The molecule has 352 valence electrons. The molecule has 0 bridgehead atoms. The number of rotatable bonds is 45. The first-order valence-corrected chi connectivity index (χ1v) is 25.3. The molecule has 0 heterocycles. The minimum absolute atomic E-state index is 0.180. The molecule has 11 nitrogen and oxygen atoms in total. The molecule has 3 atom stereocenters. The molecule has 0 aliphatic rings. The molecule has 0 aromatic rings. The zero-order valence-corrected chi connectivity index (χ0v) is 39.1. The van der Waals surface area contributed by atoms with Crippen molar-refractivity contribution in [2.24, 2.45) is 23.1 Å². The van der Waals surface area contributed by atoms with Crippen molar-refractivity contribution in [3.63, 3.8) is 0 Å². The van der Waals surface area contributed by atoms with E-state index in [0.717, 1.165) is 70.6 Å². The van der Waals surface area contributed by atoms with Crippen molar-refractivity contribution in [2.75, 3.05) is 32.7 Å². The highest BCUT2D eigenvalue weighted by molar-refractivity contribution is 6.01. The van der Waals surface area contributed by atoms with Crippen LogP contribution >= 0.6 is 0 Å². The predicted molar refractivity (Wildman–Crippen MR) is 253 cm³/mol. The first-order chi connectivity index (χ1) is 29.3. The Bertz CT molecular complexity index is 1040. The van der Waals surface area contributed by atoms with E-state index in [4.69, 9.17) is 17.2 Å². The van der Waals surface area contributed by atoms with Gasteiger partial charge in [0.2, 0.25) is 23.6 Å². The van der Waals surface area contributed by atoms with Crippen LogP contribution in [0.3, 0.4) is 0 Å². The average Bonchev–Trinajstić information content (AvgIpc) is 3.24. The SMILES string of the molecule is CCCCCCCC/C=C\CCCCCCCCNC(=O)[C@H](CCCCN)NC(=O)C(CCCCCCCCCCCCCC)C(=O)NCCNC(=O)[C@@H](N)CCCCN. The normalized spacial score (nSPS) is 12.9. The Morgan fingerprint density at radius 2 is 0.817 bits per heavy atom. The summed E-state index contributed by atoms with van der Waals surface area (Å²) in [4.78, 5) is 53.1. The van der Waals surface area contributed by atoms with Crippen LogP contribution in [0.5, 0.6) is 0 Å². The van der Waals surface area contributed by atoms with Crippen LogP contribution in [0.1, 0.15) is 226 Å². The number of hydrogen-bond donors (Lipinski definition) is 7. The maximum atomic E-state index is 13.8. The van der Waals surface area contributed by atoms with Crippen LogP contribution < -0.4 is 38.5 Å².